The number of para-hydroxylation sites is 2. The summed E-state index contributed by atoms with van der Waals surface area (Å²) in [5.74, 6) is 0.769. The van der Waals surface area contributed by atoms with E-state index < -0.39 is 0 Å². The lowest BCUT2D eigenvalue weighted by atomic mass is 10.2. The van der Waals surface area contributed by atoms with Crippen molar-refractivity contribution in [2.24, 2.45) is 0 Å². The highest BCUT2D eigenvalue weighted by atomic mass is 16.5. The van der Waals surface area contributed by atoms with Gasteiger partial charge in [0.25, 0.3) is 0 Å². The van der Waals surface area contributed by atoms with Crippen molar-refractivity contribution in [3.8, 4) is 5.75 Å². The van der Waals surface area contributed by atoms with Gasteiger partial charge in [0.2, 0.25) is 5.91 Å². The van der Waals surface area contributed by atoms with Crippen molar-refractivity contribution in [1.29, 1.82) is 0 Å². The van der Waals surface area contributed by atoms with Crippen LogP contribution in [-0.2, 0) is 4.79 Å². The Kier molecular flexibility index (Phi) is 4.59. The molecule has 1 aromatic carbocycles. The molecule has 1 aliphatic heterocycles. The first-order valence-corrected chi connectivity index (χ1v) is 6.57. The molecule has 4 nitrogen and oxygen atoms in total. The van der Waals surface area contributed by atoms with Gasteiger partial charge in [0, 0.05) is 0 Å². The molecule has 98 valence electrons. The number of nitrogens with one attached hydrogen (secondary N) is 2. The number of benzene rings is 1. The number of ether oxygens (including phenoxy) is 1. The van der Waals surface area contributed by atoms with Gasteiger partial charge in [-0.3, -0.25) is 4.79 Å². The zero-order valence-corrected chi connectivity index (χ0v) is 10.7. The van der Waals surface area contributed by atoms with Crippen LogP contribution in [0.1, 0.15) is 26.2 Å². The molecule has 1 heterocycles. The monoisotopic (exact) mass is 248 g/mol. The Balaban J connectivity index is 2.00. The molecule has 1 aliphatic rings. The van der Waals surface area contributed by atoms with Crippen molar-refractivity contribution in [1.82, 2.24) is 5.32 Å². The SMILES string of the molecule is CCCOc1ccccc1NC(=O)C1CCCN1. The number of rotatable bonds is 5. The lowest BCUT2D eigenvalue weighted by Gasteiger charge is -2.14. The summed E-state index contributed by atoms with van der Waals surface area (Å²) in [4.78, 5) is 12.0. The fourth-order valence-corrected chi connectivity index (χ4v) is 2.04. The number of carbonyl (C=O) groups excluding carboxylic acids is 1. The van der Waals surface area contributed by atoms with Gasteiger partial charge in [0.05, 0.1) is 18.3 Å². The zero-order valence-electron chi connectivity index (χ0n) is 10.7. The summed E-state index contributed by atoms with van der Waals surface area (Å²) >= 11 is 0. The standard InChI is InChI=1S/C14H20N2O2/c1-2-10-18-13-8-4-3-6-11(13)16-14(17)12-7-5-9-15-12/h3-4,6,8,12,15H,2,5,7,9-10H2,1H3,(H,16,17). The van der Waals surface area contributed by atoms with E-state index in [4.69, 9.17) is 4.74 Å². The van der Waals surface area contributed by atoms with Gasteiger partial charge < -0.3 is 15.4 Å². The van der Waals surface area contributed by atoms with E-state index in [0.717, 1.165) is 37.2 Å². The molecule has 2 rings (SSSR count). The summed E-state index contributed by atoms with van der Waals surface area (Å²) in [6.45, 7) is 3.64. The van der Waals surface area contributed by atoms with E-state index in [1.54, 1.807) is 0 Å². The molecule has 4 heteroatoms. The highest BCUT2D eigenvalue weighted by Crippen LogP contribution is 2.24. The molecule has 1 amide bonds. The summed E-state index contributed by atoms with van der Waals surface area (Å²) < 4.78 is 5.61. The van der Waals surface area contributed by atoms with Crippen LogP contribution in [0, 0.1) is 0 Å². The Bertz CT molecular complexity index is 401. The van der Waals surface area contributed by atoms with E-state index >= 15 is 0 Å². The van der Waals surface area contributed by atoms with Crippen LogP contribution in [0.3, 0.4) is 0 Å². The molecule has 1 saturated heterocycles. The van der Waals surface area contributed by atoms with Gasteiger partial charge in [-0.25, -0.2) is 0 Å². The van der Waals surface area contributed by atoms with Crippen LogP contribution in [0.15, 0.2) is 24.3 Å². The van der Waals surface area contributed by atoms with Gasteiger partial charge >= 0.3 is 0 Å². The summed E-state index contributed by atoms with van der Waals surface area (Å²) in [5, 5.41) is 6.12. The molecule has 2 N–H and O–H groups in total. The Morgan fingerprint density at radius 1 is 1.50 bits per heavy atom. The second-order valence-electron chi connectivity index (χ2n) is 4.48. The van der Waals surface area contributed by atoms with Crippen molar-refractivity contribution < 1.29 is 9.53 Å². The van der Waals surface area contributed by atoms with E-state index in [2.05, 4.69) is 17.6 Å². The first kappa shape index (κ1) is 12.9. The Morgan fingerprint density at radius 2 is 2.33 bits per heavy atom. The Hall–Kier alpha value is -1.55. The predicted molar refractivity (Wildman–Crippen MR) is 71.9 cm³/mol. The summed E-state index contributed by atoms with van der Waals surface area (Å²) in [7, 11) is 0. The third-order valence-corrected chi connectivity index (χ3v) is 2.98. The second-order valence-corrected chi connectivity index (χ2v) is 4.48. The van der Waals surface area contributed by atoms with E-state index in [1.165, 1.54) is 0 Å². The quantitative estimate of drug-likeness (QED) is 0.839. The van der Waals surface area contributed by atoms with Crippen molar-refractivity contribution in [3.05, 3.63) is 24.3 Å². The van der Waals surface area contributed by atoms with Crippen LogP contribution in [0.4, 0.5) is 5.69 Å². The smallest absolute Gasteiger partial charge is 0.241 e. The normalized spacial score (nSPS) is 18.6. The molecular formula is C14H20N2O2. The van der Waals surface area contributed by atoms with Crippen molar-refractivity contribution >= 4 is 11.6 Å². The van der Waals surface area contributed by atoms with E-state index in [1.807, 2.05) is 24.3 Å². The van der Waals surface area contributed by atoms with E-state index in [0.29, 0.717) is 6.61 Å². The minimum Gasteiger partial charge on any atom is -0.491 e. The molecule has 1 fully saturated rings. The topological polar surface area (TPSA) is 50.4 Å². The van der Waals surface area contributed by atoms with Gasteiger partial charge in [-0.15, -0.1) is 0 Å². The Morgan fingerprint density at radius 3 is 3.06 bits per heavy atom. The fourth-order valence-electron chi connectivity index (χ4n) is 2.04. The van der Waals surface area contributed by atoms with Crippen LogP contribution in [0.5, 0.6) is 5.75 Å². The van der Waals surface area contributed by atoms with Gasteiger partial charge in [-0.2, -0.15) is 0 Å². The van der Waals surface area contributed by atoms with Crippen LogP contribution < -0.4 is 15.4 Å². The van der Waals surface area contributed by atoms with Gasteiger partial charge in [-0.1, -0.05) is 19.1 Å². The minimum atomic E-state index is -0.0655. The number of amides is 1. The highest BCUT2D eigenvalue weighted by molar-refractivity contribution is 5.96. The maximum atomic E-state index is 12.0. The first-order valence-electron chi connectivity index (χ1n) is 6.57. The van der Waals surface area contributed by atoms with Gasteiger partial charge in [0.15, 0.2) is 0 Å². The number of hydrogen-bond acceptors (Lipinski definition) is 3. The minimum absolute atomic E-state index is 0.0278. The predicted octanol–water partition coefficient (Wildman–Crippen LogP) is 2.17. The lowest BCUT2D eigenvalue weighted by Crippen LogP contribution is -2.35. The third kappa shape index (κ3) is 3.23. The van der Waals surface area contributed by atoms with Crippen LogP contribution in [0.2, 0.25) is 0 Å². The maximum Gasteiger partial charge on any atom is 0.241 e. The maximum absolute atomic E-state index is 12.0. The highest BCUT2D eigenvalue weighted by Gasteiger charge is 2.22. The average Bonchev–Trinajstić information content (AvgIpc) is 2.91. The van der Waals surface area contributed by atoms with E-state index in [-0.39, 0.29) is 11.9 Å². The molecule has 1 atom stereocenters. The molecule has 18 heavy (non-hydrogen) atoms. The Labute approximate surface area is 108 Å². The average molecular weight is 248 g/mol. The largest absolute Gasteiger partial charge is 0.491 e. The van der Waals surface area contributed by atoms with Crippen molar-refractivity contribution in [2.75, 3.05) is 18.5 Å². The van der Waals surface area contributed by atoms with Crippen LogP contribution >= 0.6 is 0 Å². The zero-order chi connectivity index (χ0) is 12.8. The molecular weight excluding hydrogens is 228 g/mol. The molecule has 1 unspecified atom stereocenters. The molecule has 0 radical (unpaired) electrons. The summed E-state index contributed by atoms with van der Waals surface area (Å²) in [6.07, 6.45) is 2.92. The lowest BCUT2D eigenvalue weighted by molar-refractivity contribution is -0.117. The molecule has 0 aromatic heterocycles. The number of hydrogen-bond donors (Lipinski definition) is 2. The number of carbonyl (C=O) groups is 1. The van der Waals surface area contributed by atoms with Crippen LogP contribution in [0.25, 0.3) is 0 Å². The molecule has 0 aliphatic carbocycles. The molecule has 0 bridgehead atoms. The number of anilines is 1. The molecule has 0 spiro atoms. The fraction of sp³-hybridized carbons (Fsp3) is 0.500. The van der Waals surface area contributed by atoms with Crippen molar-refractivity contribution in [2.45, 2.75) is 32.2 Å². The second kappa shape index (κ2) is 6.40. The van der Waals surface area contributed by atoms with Gasteiger partial charge in [0.1, 0.15) is 5.75 Å². The summed E-state index contributed by atoms with van der Waals surface area (Å²) in [6, 6.07) is 7.50. The van der Waals surface area contributed by atoms with Gasteiger partial charge in [-0.05, 0) is 37.9 Å². The van der Waals surface area contributed by atoms with Crippen LogP contribution in [-0.4, -0.2) is 25.1 Å². The van der Waals surface area contributed by atoms with Crippen molar-refractivity contribution in [3.63, 3.8) is 0 Å². The summed E-state index contributed by atoms with van der Waals surface area (Å²) in [5.41, 5.74) is 0.754. The first-order chi connectivity index (χ1) is 8.81. The third-order valence-electron chi connectivity index (χ3n) is 2.98. The molecule has 0 saturated carbocycles. The van der Waals surface area contributed by atoms with E-state index in [9.17, 15) is 4.79 Å². The molecule has 1 aromatic rings.